The van der Waals surface area contributed by atoms with E-state index in [1.54, 1.807) is 51.2 Å². The first-order valence-electron chi connectivity index (χ1n) is 11.4. The lowest BCUT2D eigenvalue weighted by Crippen LogP contribution is -2.24. The Kier molecular flexibility index (Phi) is 9.15. The summed E-state index contributed by atoms with van der Waals surface area (Å²) in [4.78, 5) is 31.8. The molecule has 2 aromatic carbocycles. The van der Waals surface area contributed by atoms with Crippen LogP contribution in [-0.2, 0) is 0 Å². The number of anilines is 3. The van der Waals surface area contributed by atoms with E-state index in [-0.39, 0.29) is 40.8 Å². The van der Waals surface area contributed by atoms with Crippen LogP contribution < -0.4 is 26.0 Å². The SMILES string of the molecule is CC(=N)N(C)c1cc(F)c(C(=O)Nc2ccc(C)cc2C(=O)Nc2ccc(Cl)cn2)c(OCCCN)c1. The lowest BCUT2D eigenvalue weighted by atomic mass is 10.1. The molecule has 37 heavy (non-hydrogen) atoms. The molecule has 3 rings (SSSR count). The molecule has 0 aliphatic rings. The van der Waals surface area contributed by atoms with Gasteiger partial charge in [-0.3, -0.25) is 15.0 Å². The highest BCUT2D eigenvalue weighted by Gasteiger charge is 2.23. The standard InChI is InChI=1S/C26H28ClFN6O3/c1-15-5-7-21(19(11-15)25(35)33-23-8-6-17(27)14-31-23)32-26(36)24-20(28)12-18(34(3)16(2)30)13-22(24)37-10-4-9-29/h5-8,11-14,30H,4,9-10,29H2,1-3H3,(H,32,36)(H,31,33,35). The van der Waals surface area contributed by atoms with Crippen LogP contribution in [0, 0.1) is 18.2 Å². The molecule has 0 bridgehead atoms. The molecule has 11 heteroatoms. The maximum absolute atomic E-state index is 15.3. The number of amides is 2. The van der Waals surface area contributed by atoms with E-state index >= 15 is 4.39 Å². The van der Waals surface area contributed by atoms with Crippen molar-refractivity contribution in [2.75, 3.05) is 35.7 Å². The van der Waals surface area contributed by atoms with Gasteiger partial charge in [-0.15, -0.1) is 0 Å². The Hall–Kier alpha value is -4.02. The molecule has 0 spiro atoms. The molecule has 1 heterocycles. The number of ether oxygens (including phenoxy) is 1. The average molecular weight is 527 g/mol. The Morgan fingerprint density at radius 2 is 1.92 bits per heavy atom. The summed E-state index contributed by atoms with van der Waals surface area (Å²) in [5.41, 5.74) is 6.66. The molecular weight excluding hydrogens is 499 g/mol. The minimum atomic E-state index is -0.839. The van der Waals surface area contributed by atoms with Gasteiger partial charge in [-0.1, -0.05) is 23.2 Å². The Balaban J connectivity index is 1.94. The lowest BCUT2D eigenvalue weighted by Gasteiger charge is -2.21. The summed E-state index contributed by atoms with van der Waals surface area (Å²) < 4.78 is 21.0. The number of amidine groups is 1. The maximum Gasteiger partial charge on any atom is 0.262 e. The quantitative estimate of drug-likeness (QED) is 0.179. The third-order valence-corrected chi connectivity index (χ3v) is 5.62. The largest absolute Gasteiger partial charge is 0.493 e. The summed E-state index contributed by atoms with van der Waals surface area (Å²) in [5, 5.41) is 13.5. The summed E-state index contributed by atoms with van der Waals surface area (Å²) in [6, 6.07) is 10.6. The number of carbonyl (C=O) groups is 2. The van der Waals surface area contributed by atoms with Crippen molar-refractivity contribution in [1.29, 1.82) is 5.41 Å². The van der Waals surface area contributed by atoms with Crippen molar-refractivity contribution in [3.05, 3.63) is 76.2 Å². The molecule has 0 unspecified atom stereocenters. The van der Waals surface area contributed by atoms with Gasteiger partial charge in [0.1, 0.15) is 22.9 Å². The van der Waals surface area contributed by atoms with Crippen LogP contribution in [0.1, 0.15) is 39.6 Å². The average Bonchev–Trinajstić information content (AvgIpc) is 2.85. The second-order valence-electron chi connectivity index (χ2n) is 8.25. The fraction of sp³-hybridized carbons (Fsp3) is 0.231. The molecule has 194 valence electrons. The second kappa shape index (κ2) is 12.3. The van der Waals surface area contributed by atoms with E-state index in [1.165, 1.54) is 17.2 Å². The summed E-state index contributed by atoms with van der Waals surface area (Å²) in [7, 11) is 1.60. The highest BCUT2D eigenvalue weighted by Crippen LogP contribution is 2.30. The van der Waals surface area contributed by atoms with Crippen molar-refractivity contribution < 1.29 is 18.7 Å². The van der Waals surface area contributed by atoms with Crippen LogP contribution in [0.3, 0.4) is 0 Å². The van der Waals surface area contributed by atoms with Gasteiger partial charge >= 0.3 is 0 Å². The molecule has 0 saturated heterocycles. The van der Waals surface area contributed by atoms with E-state index in [0.717, 1.165) is 11.6 Å². The molecule has 0 aliphatic carbocycles. The van der Waals surface area contributed by atoms with Gasteiger partial charge in [0.25, 0.3) is 11.8 Å². The molecule has 0 radical (unpaired) electrons. The summed E-state index contributed by atoms with van der Waals surface area (Å²) in [6.07, 6.45) is 1.89. The van der Waals surface area contributed by atoms with E-state index < -0.39 is 17.6 Å². The molecule has 0 fully saturated rings. The maximum atomic E-state index is 15.3. The van der Waals surface area contributed by atoms with E-state index in [9.17, 15) is 9.59 Å². The number of hydrogen-bond donors (Lipinski definition) is 4. The Labute approximate surface area is 219 Å². The van der Waals surface area contributed by atoms with E-state index in [2.05, 4.69) is 15.6 Å². The molecule has 3 aromatic rings. The van der Waals surface area contributed by atoms with Crippen LogP contribution >= 0.6 is 11.6 Å². The van der Waals surface area contributed by atoms with Gasteiger partial charge in [0.15, 0.2) is 0 Å². The first kappa shape index (κ1) is 27.6. The number of nitrogens with one attached hydrogen (secondary N) is 3. The van der Waals surface area contributed by atoms with Crippen molar-refractivity contribution in [3.63, 3.8) is 0 Å². The van der Waals surface area contributed by atoms with Crippen molar-refractivity contribution in [1.82, 2.24) is 4.98 Å². The van der Waals surface area contributed by atoms with Crippen LogP contribution in [0.4, 0.5) is 21.6 Å². The van der Waals surface area contributed by atoms with E-state index in [1.807, 2.05) is 0 Å². The highest BCUT2D eigenvalue weighted by molar-refractivity contribution is 6.30. The molecule has 0 atom stereocenters. The fourth-order valence-corrected chi connectivity index (χ4v) is 3.44. The van der Waals surface area contributed by atoms with Crippen LogP contribution in [0.5, 0.6) is 5.75 Å². The van der Waals surface area contributed by atoms with Gasteiger partial charge in [0.05, 0.1) is 28.7 Å². The number of aromatic nitrogens is 1. The summed E-state index contributed by atoms with van der Waals surface area (Å²) >= 11 is 5.85. The number of pyridine rings is 1. The molecular formula is C26H28ClFN6O3. The molecule has 1 aromatic heterocycles. The topological polar surface area (TPSA) is 133 Å². The number of nitrogens with two attached hydrogens (primary N) is 1. The minimum absolute atomic E-state index is 0.00229. The zero-order valence-electron chi connectivity index (χ0n) is 20.7. The lowest BCUT2D eigenvalue weighted by molar-refractivity contribution is 0.101. The predicted octanol–water partition coefficient (Wildman–Crippen LogP) is 4.85. The van der Waals surface area contributed by atoms with E-state index in [4.69, 9.17) is 27.5 Å². The summed E-state index contributed by atoms with van der Waals surface area (Å²) in [5.74, 6) is -1.71. The molecule has 5 N–H and O–H groups in total. The third-order valence-electron chi connectivity index (χ3n) is 5.40. The molecule has 0 saturated carbocycles. The van der Waals surface area contributed by atoms with Gasteiger partial charge in [-0.25, -0.2) is 9.37 Å². The van der Waals surface area contributed by atoms with Crippen molar-refractivity contribution in [3.8, 4) is 5.75 Å². The number of halogens is 2. The van der Waals surface area contributed by atoms with Crippen LogP contribution in [-0.4, -0.2) is 42.8 Å². The van der Waals surface area contributed by atoms with Crippen LogP contribution in [0.2, 0.25) is 5.02 Å². The zero-order chi connectivity index (χ0) is 27.1. The molecule has 9 nitrogen and oxygen atoms in total. The minimum Gasteiger partial charge on any atom is -0.493 e. The number of aryl methyl sites for hydroxylation is 1. The van der Waals surface area contributed by atoms with Gasteiger partial charge in [-0.2, -0.15) is 0 Å². The number of nitrogens with zero attached hydrogens (tertiary/aromatic N) is 2. The van der Waals surface area contributed by atoms with Crippen molar-refractivity contribution >= 4 is 46.4 Å². The van der Waals surface area contributed by atoms with Gasteiger partial charge in [0, 0.05) is 25.0 Å². The smallest absolute Gasteiger partial charge is 0.262 e. The molecule has 2 amide bonds. The Morgan fingerprint density at radius 1 is 1.16 bits per heavy atom. The Bertz CT molecular complexity index is 1320. The highest BCUT2D eigenvalue weighted by atomic mass is 35.5. The Morgan fingerprint density at radius 3 is 2.57 bits per heavy atom. The first-order chi connectivity index (χ1) is 17.6. The van der Waals surface area contributed by atoms with Crippen LogP contribution in [0.25, 0.3) is 0 Å². The molecule has 0 aliphatic heterocycles. The first-order valence-corrected chi connectivity index (χ1v) is 11.8. The second-order valence-corrected chi connectivity index (χ2v) is 8.69. The van der Waals surface area contributed by atoms with Crippen molar-refractivity contribution in [2.24, 2.45) is 5.73 Å². The summed E-state index contributed by atoms with van der Waals surface area (Å²) in [6.45, 7) is 3.87. The van der Waals surface area contributed by atoms with Crippen molar-refractivity contribution in [2.45, 2.75) is 20.3 Å². The number of rotatable bonds is 9. The van der Waals surface area contributed by atoms with Gasteiger partial charge in [-0.05, 0) is 57.1 Å². The number of hydrogen-bond acceptors (Lipinski definition) is 6. The number of benzene rings is 2. The van der Waals surface area contributed by atoms with E-state index in [0.29, 0.717) is 23.7 Å². The predicted molar refractivity (Wildman–Crippen MR) is 144 cm³/mol. The van der Waals surface area contributed by atoms with Gasteiger partial charge < -0.3 is 26.0 Å². The fourth-order valence-electron chi connectivity index (χ4n) is 3.33. The normalized spacial score (nSPS) is 10.5. The van der Waals surface area contributed by atoms with Crippen LogP contribution in [0.15, 0.2) is 48.7 Å². The number of carbonyl (C=O) groups excluding carboxylic acids is 2. The third kappa shape index (κ3) is 7.02. The monoisotopic (exact) mass is 526 g/mol. The zero-order valence-corrected chi connectivity index (χ0v) is 21.4. The van der Waals surface area contributed by atoms with Gasteiger partial charge in [0.2, 0.25) is 0 Å².